The summed E-state index contributed by atoms with van der Waals surface area (Å²) in [6.45, 7) is 1.91. The maximum Gasteiger partial charge on any atom is 0.287 e. The fraction of sp³-hybridized carbons (Fsp3) is 0.107. The summed E-state index contributed by atoms with van der Waals surface area (Å²) < 4.78 is 0. The van der Waals surface area contributed by atoms with Crippen molar-refractivity contribution in [3.05, 3.63) is 111 Å². The van der Waals surface area contributed by atoms with E-state index in [9.17, 15) is 19.7 Å². The van der Waals surface area contributed by atoms with E-state index in [0.29, 0.717) is 5.56 Å². The molecule has 0 aliphatic heterocycles. The third-order valence-corrected chi connectivity index (χ3v) is 5.86. The van der Waals surface area contributed by atoms with Gasteiger partial charge in [-0.1, -0.05) is 30.3 Å². The number of hydrazone groups is 1. The molecule has 38 heavy (non-hydrogen) atoms. The lowest BCUT2D eigenvalue weighted by Crippen LogP contribution is -2.32. The lowest BCUT2D eigenvalue weighted by molar-refractivity contribution is -0.384. The SMILES string of the molecule is Cc1[nH]c2ccccc2c1C=NNC(=O)/C(=C\c1ccc(N(C)C)cc1)NC(=O)c1ccc([N+](=O)[O-])cc1. The van der Waals surface area contributed by atoms with E-state index in [-0.39, 0.29) is 16.9 Å². The summed E-state index contributed by atoms with van der Waals surface area (Å²) in [6.07, 6.45) is 3.08. The van der Waals surface area contributed by atoms with Gasteiger partial charge < -0.3 is 15.2 Å². The Bertz CT molecular complexity index is 1550. The predicted octanol–water partition coefficient (Wildman–Crippen LogP) is 4.37. The highest BCUT2D eigenvalue weighted by atomic mass is 16.6. The molecule has 0 fully saturated rings. The van der Waals surface area contributed by atoms with Gasteiger partial charge in [0, 0.05) is 59.6 Å². The molecule has 2 amide bonds. The van der Waals surface area contributed by atoms with Crippen LogP contribution >= 0.6 is 0 Å². The first-order valence-corrected chi connectivity index (χ1v) is 11.7. The summed E-state index contributed by atoms with van der Waals surface area (Å²) in [5.74, 6) is -1.23. The number of non-ortho nitro benzene ring substituents is 1. The number of nitrogens with one attached hydrogen (secondary N) is 3. The van der Waals surface area contributed by atoms with Crippen LogP contribution in [0.25, 0.3) is 17.0 Å². The van der Waals surface area contributed by atoms with Crippen molar-refractivity contribution >= 4 is 46.4 Å². The van der Waals surface area contributed by atoms with Crippen LogP contribution in [0.1, 0.15) is 27.2 Å². The molecule has 0 atom stereocenters. The molecule has 192 valence electrons. The molecule has 0 aliphatic carbocycles. The summed E-state index contributed by atoms with van der Waals surface area (Å²) in [4.78, 5) is 41.6. The predicted molar refractivity (Wildman–Crippen MR) is 148 cm³/mol. The Morgan fingerprint density at radius 3 is 2.34 bits per heavy atom. The molecule has 0 bridgehead atoms. The van der Waals surface area contributed by atoms with Crippen molar-refractivity contribution in [2.75, 3.05) is 19.0 Å². The van der Waals surface area contributed by atoms with Crippen molar-refractivity contribution in [2.45, 2.75) is 6.92 Å². The number of para-hydroxylation sites is 1. The summed E-state index contributed by atoms with van der Waals surface area (Å²) in [7, 11) is 3.84. The van der Waals surface area contributed by atoms with Gasteiger partial charge in [0.15, 0.2) is 0 Å². The van der Waals surface area contributed by atoms with Gasteiger partial charge in [0.2, 0.25) is 0 Å². The molecule has 0 unspecified atom stereocenters. The van der Waals surface area contributed by atoms with Crippen LogP contribution < -0.4 is 15.6 Å². The second-order valence-electron chi connectivity index (χ2n) is 8.71. The molecule has 1 aromatic heterocycles. The topological polar surface area (TPSA) is 133 Å². The number of aryl methyl sites for hydroxylation is 1. The molecule has 1 heterocycles. The van der Waals surface area contributed by atoms with Gasteiger partial charge in [0.25, 0.3) is 17.5 Å². The van der Waals surface area contributed by atoms with Crippen LogP contribution in [0.15, 0.2) is 83.6 Å². The highest BCUT2D eigenvalue weighted by molar-refractivity contribution is 6.06. The normalized spacial score (nSPS) is 11.5. The number of aromatic nitrogens is 1. The van der Waals surface area contributed by atoms with Crippen molar-refractivity contribution in [3.63, 3.8) is 0 Å². The highest BCUT2D eigenvalue weighted by Crippen LogP contribution is 2.20. The number of nitrogens with zero attached hydrogens (tertiary/aromatic N) is 3. The third kappa shape index (κ3) is 5.93. The molecule has 10 nitrogen and oxygen atoms in total. The van der Waals surface area contributed by atoms with Gasteiger partial charge in [-0.15, -0.1) is 0 Å². The smallest absolute Gasteiger partial charge is 0.287 e. The van der Waals surface area contributed by atoms with E-state index >= 15 is 0 Å². The maximum absolute atomic E-state index is 13.1. The average Bonchev–Trinajstić information content (AvgIpc) is 3.23. The van der Waals surface area contributed by atoms with Gasteiger partial charge in [-0.05, 0) is 48.9 Å². The number of rotatable bonds is 8. The van der Waals surface area contributed by atoms with E-state index in [4.69, 9.17) is 0 Å². The van der Waals surface area contributed by atoms with E-state index in [1.165, 1.54) is 30.3 Å². The van der Waals surface area contributed by atoms with Gasteiger partial charge in [-0.25, -0.2) is 5.43 Å². The Morgan fingerprint density at radius 1 is 1.00 bits per heavy atom. The van der Waals surface area contributed by atoms with Gasteiger partial charge in [0.05, 0.1) is 11.1 Å². The van der Waals surface area contributed by atoms with Crippen LogP contribution in [0.5, 0.6) is 0 Å². The summed E-state index contributed by atoms with van der Waals surface area (Å²) in [5, 5.41) is 18.6. The monoisotopic (exact) mass is 510 g/mol. The van der Waals surface area contributed by atoms with Crippen molar-refractivity contribution in [1.29, 1.82) is 0 Å². The standard InChI is InChI=1S/C28H26N6O4/c1-18-24(23-6-4-5-7-25(23)30-18)17-29-32-28(36)26(16-19-8-12-21(13-9-19)33(2)3)31-27(35)20-10-14-22(15-11-20)34(37)38/h4-17,30H,1-3H3,(H,31,35)(H,32,36)/b26-16+,29-17?. The number of anilines is 1. The third-order valence-electron chi connectivity index (χ3n) is 5.86. The van der Waals surface area contributed by atoms with Crippen molar-refractivity contribution in [1.82, 2.24) is 15.7 Å². The number of nitro groups is 1. The molecule has 0 spiro atoms. The van der Waals surface area contributed by atoms with Crippen molar-refractivity contribution < 1.29 is 14.5 Å². The first-order chi connectivity index (χ1) is 18.2. The summed E-state index contributed by atoms with van der Waals surface area (Å²) in [5.41, 5.74) is 6.80. The van der Waals surface area contributed by atoms with Crippen LogP contribution in [-0.2, 0) is 4.79 Å². The molecule has 0 saturated carbocycles. The van der Waals surface area contributed by atoms with Gasteiger partial charge in [0.1, 0.15) is 5.70 Å². The minimum atomic E-state index is -0.634. The number of H-pyrrole nitrogens is 1. The lowest BCUT2D eigenvalue weighted by Gasteiger charge is -2.12. The van der Waals surface area contributed by atoms with Gasteiger partial charge in [-0.3, -0.25) is 19.7 Å². The zero-order valence-electron chi connectivity index (χ0n) is 21.1. The Kier molecular flexibility index (Phi) is 7.62. The Labute approximate surface area is 218 Å². The number of carbonyl (C=O) groups excluding carboxylic acids is 2. The molecule has 0 radical (unpaired) electrons. The van der Waals surface area contributed by atoms with E-state index < -0.39 is 16.7 Å². The van der Waals surface area contributed by atoms with E-state index in [0.717, 1.165) is 27.8 Å². The molecule has 4 rings (SSSR count). The van der Waals surface area contributed by atoms with Gasteiger partial charge >= 0.3 is 0 Å². The molecule has 4 aromatic rings. The van der Waals surface area contributed by atoms with Crippen molar-refractivity contribution in [3.8, 4) is 0 Å². The first-order valence-electron chi connectivity index (χ1n) is 11.7. The Morgan fingerprint density at radius 2 is 1.68 bits per heavy atom. The number of nitro benzene ring substituents is 1. The summed E-state index contributed by atoms with van der Waals surface area (Å²) >= 11 is 0. The molecule has 0 saturated heterocycles. The minimum absolute atomic E-state index is 0.0428. The molecular formula is C28H26N6O4. The molecule has 10 heteroatoms. The number of carbonyl (C=O) groups is 2. The zero-order valence-corrected chi connectivity index (χ0v) is 21.1. The minimum Gasteiger partial charge on any atom is -0.378 e. The quantitative estimate of drug-likeness (QED) is 0.140. The zero-order chi connectivity index (χ0) is 27.2. The number of aromatic amines is 1. The Hall–Kier alpha value is -5.25. The van der Waals surface area contributed by atoms with E-state index in [1.54, 1.807) is 6.21 Å². The molecule has 0 aliphatic rings. The van der Waals surface area contributed by atoms with Crippen LogP contribution in [0, 0.1) is 17.0 Å². The van der Waals surface area contributed by atoms with E-state index in [1.807, 2.05) is 74.4 Å². The fourth-order valence-corrected chi connectivity index (χ4v) is 3.80. The molecular weight excluding hydrogens is 484 g/mol. The van der Waals surface area contributed by atoms with Crippen LogP contribution in [-0.4, -0.2) is 42.0 Å². The number of benzene rings is 3. The lowest BCUT2D eigenvalue weighted by atomic mass is 10.1. The number of fused-ring (bicyclic) bond motifs is 1. The molecule has 3 N–H and O–H groups in total. The maximum atomic E-state index is 13.1. The fourth-order valence-electron chi connectivity index (χ4n) is 3.80. The second kappa shape index (κ2) is 11.2. The average molecular weight is 511 g/mol. The van der Waals surface area contributed by atoms with Gasteiger partial charge in [-0.2, -0.15) is 5.10 Å². The van der Waals surface area contributed by atoms with Crippen molar-refractivity contribution in [2.24, 2.45) is 5.10 Å². The Balaban J connectivity index is 1.58. The van der Waals surface area contributed by atoms with Crippen LogP contribution in [0.3, 0.4) is 0 Å². The number of hydrogen-bond acceptors (Lipinski definition) is 6. The summed E-state index contributed by atoms with van der Waals surface area (Å²) in [6, 6.07) is 20.3. The van der Waals surface area contributed by atoms with E-state index in [2.05, 4.69) is 20.8 Å². The second-order valence-corrected chi connectivity index (χ2v) is 8.71. The highest BCUT2D eigenvalue weighted by Gasteiger charge is 2.16. The largest absolute Gasteiger partial charge is 0.378 e. The number of hydrogen-bond donors (Lipinski definition) is 3. The van der Waals surface area contributed by atoms with Crippen LogP contribution in [0.4, 0.5) is 11.4 Å². The number of amides is 2. The van der Waals surface area contributed by atoms with Crippen LogP contribution in [0.2, 0.25) is 0 Å². The first kappa shape index (κ1) is 25.8. The molecule has 3 aromatic carbocycles.